The van der Waals surface area contributed by atoms with Gasteiger partial charge in [0.1, 0.15) is 0 Å². The standard InChI is InChI=1S/C29H49BrO/c1-20(2)7-6-8-21(3)24-11-12-25-23-10-9-22-19-29(31,17-18-30)16-15-27(22,4)26(23)13-14-28(24,25)5/h9,20-21,23-26,31H,6-8,10-19H2,1-5H3/t21-,23+,24-,25+,26+,27+,28-,29?/m1/s1. The predicted octanol–water partition coefficient (Wildman–Crippen LogP) is 8.54. The Morgan fingerprint density at radius 3 is 2.52 bits per heavy atom. The van der Waals surface area contributed by atoms with Gasteiger partial charge < -0.3 is 5.11 Å². The van der Waals surface area contributed by atoms with Gasteiger partial charge in [-0.15, -0.1) is 0 Å². The van der Waals surface area contributed by atoms with E-state index in [-0.39, 0.29) is 0 Å². The first-order chi connectivity index (χ1) is 14.6. The summed E-state index contributed by atoms with van der Waals surface area (Å²) >= 11 is 3.57. The number of alkyl halides is 1. The van der Waals surface area contributed by atoms with Crippen LogP contribution in [0.3, 0.4) is 0 Å². The normalized spacial score (nSPS) is 45.6. The summed E-state index contributed by atoms with van der Waals surface area (Å²) < 4.78 is 0. The number of allylic oxidation sites excluding steroid dienone is 1. The maximum atomic E-state index is 11.1. The van der Waals surface area contributed by atoms with E-state index in [1.54, 1.807) is 5.57 Å². The summed E-state index contributed by atoms with van der Waals surface area (Å²) in [4.78, 5) is 0. The van der Waals surface area contributed by atoms with E-state index in [9.17, 15) is 5.11 Å². The van der Waals surface area contributed by atoms with Gasteiger partial charge in [-0.3, -0.25) is 0 Å². The molecule has 4 rings (SSSR count). The Balaban J connectivity index is 1.49. The van der Waals surface area contributed by atoms with Crippen LogP contribution in [0.5, 0.6) is 0 Å². The summed E-state index contributed by atoms with van der Waals surface area (Å²) in [6, 6.07) is 0. The summed E-state index contributed by atoms with van der Waals surface area (Å²) in [5, 5.41) is 12.1. The number of fused-ring (bicyclic) bond motifs is 5. The lowest BCUT2D eigenvalue weighted by atomic mass is 9.46. The smallest absolute Gasteiger partial charge is 0.0693 e. The topological polar surface area (TPSA) is 20.2 Å². The first-order valence-corrected chi connectivity index (χ1v) is 14.7. The highest BCUT2D eigenvalue weighted by molar-refractivity contribution is 9.09. The molecule has 1 unspecified atom stereocenters. The molecule has 31 heavy (non-hydrogen) atoms. The second-order valence-corrected chi connectivity index (χ2v) is 13.9. The zero-order valence-electron chi connectivity index (χ0n) is 21.1. The van der Waals surface area contributed by atoms with Crippen molar-refractivity contribution in [1.29, 1.82) is 0 Å². The molecule has 8 atom stereocenters. The fraction of sp³-hybridized carbons (Fsp3) is 0.931. The molecule has 0 radical (unpaired) electrons. The number of hydrogen-bond acceptors (Lipinski definition) is 1. The van der Waals surface area contributed by atoms with Crippen LogP contribution in [-0.2, 0) is 0 Å². The van der Waals surface area contributed by atoms with Crippen LogP contribution in [0.2, 0.25) is 0 Å². The monoisotopic (exact) mass is 492 g/mol. The highest BCUT2D eigenvalue weighted by Crippen LogP contribution is 2.67. The van der Waals surface area contributed by atoms with Crippen molar-refractivity contribution in [1.82, 2.24) is 0 Å². The van der Waals surface area contributed by atoms with Crippen molar-refractivity contribution in [3.05, 3.63) is 11.6 Å². The summed E-state index contributed by atoms with van der Waals surface area (Å²) in [6.07, 6.45) is 18.0. The van der Waals surface area contributed by atoms with E-state index in [0.29, 0.717) is 10.8 Å². The SMILES string of the molecule is CC(C)CCC[C@@H](C)[C@H]1CC[C@H]2[C@@H]3CC=C4CC(O)(CCBr)CC[C@]4(C)[C@H]3CC[C@]12C. The van der Waals surface area contributed by atoms with Crippen LogP contribution in [0.1, 0.15) is 112 Å². The first-order valence-electron chi connectivity index (χ1n) is 13.6. The molecule has 178 valence electrons. The van der Waals surface area contributed by atoms with Gasteiger partial charge in [-0.05, 0) is 104 Å². The molecule has 0 heterocycles. The van der Waals surface area contributed by atoms with Crippen molar-refractivity contribution in [2.75, 3.05) is 5.33 Å². The Morgan fingerprint density at radius 1 is 1.03 bits per heavy atom. The van der Waals surface area contributed by atoms with Crippen LogP contribution in [-0.4, -0.2) is 16.0 Å². The van der Waals surface area contributed by atoms with Gasteiger partial charge >= 0.3 is 0 Å². The van der Waals surface area contributed by atoms with Crippen LogP contribution in [0.15, 0.2) is 11.6 Å². The van der Waals surface area contributed by atoms with Crippen molar-refractivity contribution in [2.24, 2.45) is 46.3 Å². The van der Waals surface area contributed by atoms with Gasteiger partial charge in [0.2, 0.25) is 0 Å². The molecule has 1 N–H and O–H groups in total. The van der Waals surface area contributed by atoms with Crippen LogP contribution < -0.4 is 0 Å². The van der Waals surface area contributed by atoms with Crippen molar-refractivity contribution >= 4 is 15.9 Å². The number of halogens is 1. The highest BCUT2D eigenvalue weighted by atomic mass is 79.9. The molecule has 0 aliphatic heterocycles. The van der Waals surface area contributed by atoms with Crippen molar-refractivity contribution < 1.29 is 5.11 Å². The lowest BCUT2D eigenvalue weighted by Crippen LogP contribution is -2.52. The van der Waals surface area contributed by atoms with E-state index in [0.717, 1.165) is 60.1 Å². The van der Waals surface area contributed by atoms with Crippen LogP contribution in [0.25, 0.3) is 0 Å². The minimum absolute atomic E-state index is 0.351. The Labute approximate surface area is 201 Å². The van der Waals surface area contributed by atoms with Crippen molar-refractivity contribution in [3.63, 3.8) is 0 Å². The van der Waals surface area contributed by atoms with E-state index in [2.05, 4.69) is 56.6 Å². The summed E-state index contributed by atoms with van der Waals surface area (Å²) in [6.45, 7) is 12.6. The minimum Gasteiger partial charge on any atom is -0.390 e. The van der Waals surface area contributed by atoms with Crippen molar-refractivity contribution in [2.45, 2.75) is 117 Å². The summed E-state index contributed by atoms with van der Waals surface area (Å²) in [5.74, 6) is 5.36. The number of hydrogen-bond donors (Lipinski definition) is 1. The maximum Gasteiger partial charge on any atom is 0.0693 e. The molecule has 3 fully saturated rings. The van der Waals surface area contributed by atoms with Crippen LogP contribution in [0.4, 0.5) is 0 Å². The van der Waals surface area contributed by atoms with Gasteiger partial charge in [0.15, 0.2) is 0 Å². The quantitative estimate of drug-likeness (QED) is 0.278. The third-order valence-corrected chi connectivity index (χ3v) is 11.4. The Bertz CT molecular complexity index is 670. The zero-order chi connectivity index (χ0) is 22.4. The Morgan fingerprint density at radius 2 is 1.81 bits per heavy atom. The lowest BCUT2D eigenvalue weighted by molar-refractivity contribution is -0.0751. The van der Waals surface area contributed by atoms with Gasteiger partial charge in [0.05, 0.1) is 5.60 Å². The van der Waals surface area contributed by atoms with Crippen molar-refractivity contribution in [3.8, 4) is 0 Å². The van der Waals surface area contributed by atoms with E-state index in [1.807, 2.05) is 0 Å². The number of aliphatic hydroxyl groups is 1. The molecule has 0 aromatic rings. The van der Waals surface area contributed by atoms with Gasteiger partial charge in [-0.1, -0.05) is 81.5 Å². The van der Waals surface area contributed by atoms with Gasteiger partial charge in [0, 0.05) is 5.33 Å². The molecule has 0 aromatic carbocycles. The second-order valence-electron chi connectivity index (χ2n) is 13.1. The molecule has 1 nitrogen and oxygen atoms in total. The zero-order valence-corrected chi connectivity index (χ0v) is 22.6. The van der Waals surface area contributed by atoms with E-state index < -0.39 is 5.60 Å². The molecular weight excluding hydrogens is 444 g/mol. The fourth-order valence-electron chi connectivity index (χ4n) is 9.13. The summed E-state index contributed by atoms with van der Waals surface area (Å²) in [7, 11) is 0. The van der Waals surface area contributed by atoms with Gasteiger partial charge in [0.25, 0.3) is 0 Å². The minimum atomic E-state index is -0.464. The number of rotatable bonds is 7. The lowest BCUT2D eigenvalue weighted by Gasteiger charge is -2.59. The van der Waals surface area contributed by atoms with E-state index >= 15 is 0 Å². The summed E-state index contributed by atoms with van der Waals surface area (Å²) in [5.41, 5.74) is 2.08. The predicted molar refractivity (Wildman–Crippen MR) is 136 cm³/mol. The average Bonchev–Trinajstić information content (AvgIpc) is 3.06. The Kier molecular flexibility index (Phi) is 7.13. The molecule has 0 aromatic heterocycles. The molecule has 4 aliphatic rings. The largest absolute Gasteiger partial charge is 0.390 e. The molecule has 0 bridgehead atoms. The molecule has 0 spiro atoms. The third-order valence-electron chi connectivity index (χ3n) is 11.0. The molecule has 4 aliphatic carbocycles. The van der Waals surface area contributed by atoms with E-state index in [1.165, 1.54) is 57.8 Å². The molecule has 2 heteroatoms. The Hall–Kier alpha value is 0.180. The third kappa shape index (κ3) is 4.36. The molecule has 0 amide bonds. The highest BCUT2D eigenvalue weighted by Gasteiger charge is 2.59. The maximum absolute atomic E-state index is 11.1. The van der Waals surface area contributed by atoms with Crippen LogP contribution in [0, 0.1) is 46.3 Å². The second kappa shape index (κ2) is 9.09. The van der Waals surface area contributed by atoms with Crippen LogP contribution >= 0.6 is 15.9 Å². The average molecular weight is 494 g/mol. The van der Waals surface area contributed by atoms with E-state index in [4.69, 9.17) is 0 Å². The first kappa shape index (κ1) is 24.3. The molecular formula is C29H49BrO. The fourth-order valence-corrected chi connectivity index (χ4v) is 9.86. The van der Waals surface area contributed by atoms with Gasteiger partial charge in [-0.25, -0.2) is 0 Å². The van der Waals surface area contributed by atoms with Gasteiger partial charge in [-0.2, -0.15) is 0 Å². The molecule has 0 saturated heterocycles. The molecule has 3 saturated carbocycles.